The molecule has 1 aliphatic rings. The highest BCUT2D eigenvalue weighted by molar-refractivity contribution is 5.92. The Morgan fingerprint density at radius 1 is 1.13 bits per heavy atom. The topological polar surface area (TPSA) is 79.9 Å². The zero-order valence-corrected chi connectivity index (χ0v) is 20.1. The van der Waals surface area contributed by atoms with Crippen LogP contribution in [0.3, 0.4) is 0 Å². The maximum absolute atomic E-state index is 12.7. The number of rotatable bonds is 14. The first-order chi connectivity index (χ1) is 14.2. The lowest BCUT2D eigenvalue weighted by Gasteiger charge is -2.24. The van der Waals surface area contributed by atoms with Crippen molar-refractivity contribution in [2.75, 3.05) is 39.3 Å². The second-order valence-electron chi connectivity index (χ2n) is 8.46. The Balaban J connectivity index is 2.67. The molecule has 1 rings (SSSR count). The fourth-order valence-electron chi connectivity index (χ4n) is 3.59. The molecule has 7 nitrogen and oxygen atoms in total. The molecule has 1 heterocycles. The van der Waals surface area contributed by atoms with Gasteiger partial charge in [-0.1, -0.05) is 20.8 Å². The van der Waals surface area contributed by atoms with Gasteiger partial charge in [-0.3, -0.25) is 4.79 Å². The fraction of sp³-hybridized carbons (Fsp3) is 0.826. The van der Waals surface area contributed by atoms with Crippen LogP contribution in [-0.2, 0) is 19.1 Å². The van der Waals surface area contributed by atoms with Gasteiger partial charge < -0.3 is 25.0 Å². The van der Waals surface area contributed by atoms with Gasteiger partial charge in [-0.15, -0.1) is 0 Å². The average molecular weight is 426 g/mol. The van der Waals surface area contributed by atoms with Crippen LogP contribution in [0.5, 0.6) is 0 Å². The minimum Gasteiger partial charge on any atom is -0.465 e. The molecule has 2 unspecified atom stereocenters. The molecule has 2 N–H and O–H groups in total. The Kier molecular flexibility index (Phi) is 11.4. The highest BCUT2D eigenvalue weighted by atomic mass is 16.6. The molecule has 0 fully saturated rings. The predicted molar refractivity (Wildman–Crippen MR) is 120 cm³/mol. The summed E-state index contributed by atoms with van der Waals surface area (Å²) in [4.78, 5) is 27.7. The van der Waals surface area contributed by atoms with E-state index in [9.17, 15) is 9.59 Å². The molecule has 0 spiro atoms. The summed E-state index contributed by atoms with van der Waals surface area (Å²) in [5, 5.41) is 6.74. The average Bonchev–Trinajstić information content (AvgIpc) is 3.03. The number of esters is 2. The molecule has 2 atom stereocenters. The number of hydrogen-bond acceptors (Lipinski definition) is 7. The van der Waals surface area contributed by atoms with Gasteiger partial charge in [0.1, 0.15) is 17.2 Å². The lowest BCUT2D eigenvalue weighted by Crippen LogP contribution is -2.37. The molecule has 174 valence electrons. The van der Waals surface area contributed by atoms with E-state index in [-0.39, 0.29) is 12.0 Å². The first kappa shape index (κ1) is 26.4. The van der Waals surface area contributed by atoms with Crippen molar-refractivity contribution in [3.8, 4) is 0 Å². The third-order valence-corrected chi connectivity index (χ3v) is 5.93. The normalized spacial score (nSPS) is 19.2. The molecule has 0 saturated heterocycles. The van der Waals surface area contributed by atoms with Crippen molar-refractivity contribution >= 4 is 11.9 Å². The summed E-state index contributed by atoms with van der Waals surface area (Å²) in [5.74, 6) is -1.12. The van der Waals surface area contributed by atoms with E-state index in [0.717, 1.165) is 52.0 Å². The van der Waals surface area contributed by atoms with Crippen molar-refractivity contribution in [1.29, 1.82) is 0 Å². The first-order valence-electron chi connectivity index (χ1n) is 11.5. The van der Waals surface area contributed by atoms with Gasteiger partial charge in [-0.05, 0) is 72.2 Å². The van der Waals surface area contributed by atoms with Gasteiger partial charge >= 0.3 is 11.9 Å². The Bertz CT molecular complexity index is 585. The van der Waals surface area contributed by atoms with Gasteiger partial charge in [0.15, 0.2) is 0 Å². The quantitative estimate of drug-likeness (QED) is 0.327. The Morgan fingerprint density at radius 3 is 2.37 bits per heavy atom. The van der Waals surface area contributed by atoms with Crippen LogP contribution < -0.4 is 10.6 Å². The SMILES string of the molecule is CCOC(=O)C1C(C)=C(C(=O)OC(C)(C)CC)NC1CCCNCCN(CC)CC. The van der Waals surface area contributed by atoms with E-state index in [0.29, 0.717) is 17.9 Å². The number of likely N-dealkylation sites (N-methyl/N-ethyl adjacent to an activating group) is 1. The number of hydrogen-bond donors (Lipinski definition) is 2. The van der Waals surface area contributed by atoms with E-state index >= 15 is 0 Å². The number of nitrogens with one attached hydrogen (secondary N) is 2. The van der Waals surface area contributed by atoms with Gasteiger partial charge in [-0.25, -0.2) is 4.79 Å². The molecule has 1 aliphatic heterocycles. The van der Waals surface area contributed by atoms with E-state index in [1.54, 1.807) is 6.92 Å². The van der Waals surface area contributed by atoms with E-state index < -0.39 is 17.5 Å². The van der Waals surface area contributed by atoms with Crippen molar-refractivity contribution in [3.63, 3.8) is 0 Å². The van der Waals surface area contributed by atoms with Crippen LogP contribution in [0, 0.1) is 5.92 Å². The second-order valence-corrected chi connectivity index (χ2v) is 8.46. The maximum Gasteiger partial charge on any atom is 0.354 e. The van der Waals surface area contributed by atoms with Gasteiger partial charge in [0, 0.05) is 19.1 Å². The molecule has 7 heteroatoms. The molecule has 0 saturated carbocycles. The summed E-state index contributed by atoms with van der Waals surface area (Å²) in [5.41, 5.74) is 0.581. The molecule has 0 bridgehead atoms. The molecule has 30 heavy (non-hydrogen) atoms. The van der Waals surface area contributed by atoms with E-state index in [1.807, 2.05) is 27.7 Å². The summed E-state index contributed by atoms with van der Waals surface area (Å²) >= 11 is 0. The minimum absolute atomic E-state index is 0.152. The molecule has 0 amide bonds. The smallest absolute Gasteiger partial charge is 0.354 e. The first-order valence-corrected chi connectivity index (χ1v) is 11.5. The van der Waals surface area contributed by atoms with Gasteiger partial charge in [0.2, 0.25) is 0 Å². The largest absolute Gasteiger partial charge is 0.465 e. The third kappa shape index (κ3) is 7.91. The summed E-state index contributed by atoms with van der Waals surface area (Å²) < 4.78 is 10.9. The molecule has 0 aromatic rings. The Morgan fingerprint density at radius 2 is 1.80 bits per heavy atom. The van der Waals surface area contributed by atoms with Crippen molar-refractivity contribution in [2.24, 2.45) is 5.92 Å². The van der Waals surface area contributed by atoms with Crippen LogP contribution in [0.1, 0.15) is 67.7 Å². The monoisotopic (exact) mass is 425 g/mol. The standard InChI is InChI=1S/C23H43N3O4/c1-8-23(6,7)30-22(28)20-17(5)19(21(27)29-11-4)18(25-20)13-12-14-24-15-16-26(9-2)10-3/h18-19,24-25H,8-16H2,1-7H3. The minimum atomic E-state index is -0.543. The third-order valence-electron chi connectivity index (χ3n) is 5.93. The van der Waals surface area contributed by atoms with Crippen LogP contribution in [-0.4, -0.2) is 67.8 Å². The number of carbonyl (C=O) groups is 2. The highest BCUT2D eigenvalue weighted by Gasteiger charge is 2.41. The van der Waals surface area contributed by atoms with Crippen molar-refractivity contribution in [2.45, 2.75) is 79.4 Å². The molecule has 0 aliphatic carbocycles. The lowest BCUT2D eigenvalue weighted by atomic mass is 9.92. The maximum atomic E-state index is 12.7. The summed E-state index contributed by atoms with van der Waals surface area (Å²) in [7, 11) is 0. The predicted octanol–water partition coefficient (Wildman–Crippen LogP) is 2.85. The van der Waals surface area contributed by atoms with Crippen molar-refractivity contribution in [1.82, 2.24) is 15.5 Å². The van der Waals surface area contributed by atoms with Crippen LogP contribution in [0.15, 0.2) is 11.3 Å². The lowest BCUT2D eigenvalue weighted by molar-refractivity contribution is -0.152. The zero-order chi connectivity index (χ0) is 22.7. The van der Waals surface area contributed by atoms with Crippen LogP contribution in [0.2, 0.25) is 0 Å². The van der Waals surface area contributed by atoms with Gasteiger partial charge in [-0.2, -0.15) is 0 Å². The summed E-state index contributed by atoms with van der Waals surface area (Å²) in [6.07, 6.45) is 2.39. The molecule has 0 aromatic carbocycles. The Hall–Kier alpha value is -1.60. The zero-order valence-electron chi connectivity index (χ0n) is 20.1. The Labute approximate surface area is 182 Å². The summed E-state index contributed by atoms with van der Waals surface area (Å²) in [6, 6.07) is -0.152. The van der Waals surface area contributed by atoms with Crippen LogP contribution >= 0.6 is 0 Å². The highest BCUT2D eigenvalue weighted by Crippen LogP contribution is 2.31. The van der Waals surface area contributed by atoms with Gasteiger partial charge in [0.05, 0.1) is 6.61 Å². The summed E-state index contributed by atoms with van der Waals surface area (Å²) in [6.45, 7) is 19.0. The van der Waals surface area contributed by atoms with E-state index in [2.05, 4.69) is 29.4 Å². The van der Waals surface area contributed by atoms with Crippen molar-refractivity contribution < 1.29 is 19.1 Å². The molecular formula is C23H43N3O4. The number of ether oxygens (including phenoxy) is 2. The van der Waals surface area contributed by atoms with E-state index in [1.165, 1.54) is 0 Å². The van der Waals surface area contributed by atoms with Crippen molar-refractivity contribution in [3.05, 3.63) is 11.3 Å². The molecule has 0 aromatic heterocycles. The van der Waals surface area contributed by atoms with Crippen LogP contribution in [0.25, 0.3) is 0 Å². The number of carbonyl (C=O) groups excluding carboxylic acids is 2. The fourth-order valence-corrected chi connectivity index (χ4v) is 3.59. The van der Waals surface area contributed by atoms with Gasteiger partial charge in [0.25, 0.3) is 0 Å². The molecule has 0 radical (unpaired) electrons. The number of nitrogens with zero attached hydrogens (tertiary/aromatic N) is 1. The van der Waals surface area contributed by atoms with Crippen LogP contribution in [0.4, 0.5) is 0 Å². The second kappa shape index (κ2) is 13.0. The molecular weight excluding hydrogens is 382 g/mol. The van der Waals surface area contributed by atoms with E-state index in [4.69, 9.17) is 9.47 Å².